The second-order valence-electron chi connectivity index (χ2n) is 4.54. The zero-order valence-corrected chi connectivity index (χ0v) is 13.5. The molecule has 0 radical (unpaired) electrons. The van der Waals surface area contributed by atoms with Gasteiger partial charge in [-0.25, -0.2) is 4.90 Å². The van der Waals surface area contributed by atoms with Gasteiger partial charge in [0, 0.05) is 5.02 Å². The van der Waals surface area contributed by atoms with Gasteiger partial charge in [-0.1, -0.05) is 41.4 Å². The zero-order valence-electron chi connectivity index (χ0n) is 11.1. The van der Waals surface area contributed by atoms with Crippen LogP contribution in [0.5, 0.6) is 0 Å². The number of thioether (sulfide) groups is 1. The maximum Gasteiger partial charge on any atom is 0.295 e. The molecule has 0 bridgehead atoms. The number of carbonyl (C=O) groups is 2. The molecule has 0 unspecified atom stereocenters. The number of hydrogen-bond acceptors (Lipinski definition) is 4. The first-order chi connectivity index (χ1) is 10.6. The molecule has 1 aliphatic heterocycles. The van der Waals surface area contributed by atoms with E-state index in [1.54, 1.807) is 42.5 Å². The van der Waals surface area contributed by atoms with E-state index in [1.807, 2.05) is 6.07 Å². The third-order valence-electron chi connectivity index (χ3n) is 3.08. The van der Waals surface area contributed by atoms with Crippen LogP contribution in [-0.4, -0.2) is 16.5 Å². The quantitative estimate of drug-likeness (QED) is 0.874. The fourth-order valence-corrected chi connectivity index (χ4v) is 3.42. The van der Waals surface area contributed by atoms with Crippen LogP contribution in [-0.2, 0) is 4.79 Å². The first kappa shape index (κ1) is 15.2. The number of nitrogens with one attached hydrogen (secondary N) is 1. The number of hydrogen-bond donors (Lipinski definition) is 1. The van der Waals surface area contributed by atoms with Gasteiger partial charge in [0.2, 0.25) is 0 Å². The Balaban J connectivity index is 1.82. The van der Waals surface area contributed by atoms with Crippen LogP contribution in [0.3, 0.4) is 0 Å². The Kier molecular flexibility index (Phi) is 4.29. The molecule has 7 heteroatoms. The van der Waals surface area contributed by atoms with Crippen molar-refractivity contribution >= 4 is 57.5 Å². The Labute approximate surface area is 141 Å². The van der Waals surface area contributed by atoms with E-state index in [0.717, 1.165) is 16.7 Å². The summed E-state index contributed by atoms with van der Waals surface area (Å²) in [6.07, 6.45) is 0. The molecular weight excluding hydrogens is 343 g/mol. The highest BCUT2D eigenvalue weighted by molar-refractivity contribution is 8.16. The molecule has 22 heavy (non-hydrogen) atoms. The first-order valence-corrected chi connectivity index (χ1v) is 8.01. The van der Waals surface area contributed by atoms with Gasteiger partial charge in [0.1, 0.15) is 0 Å². The lowest BCUT2D eigenvalue weighted by Crippen LogP contribution is -2.34. The molecular formula is C15H10Cl2N2O2S. The van der Waals surface area contributed by atoms with E-state index < -0.39 is 5.37 Å². The summed E-state index contributed by atoms with van der Waals surface area (Å²) in [4.78, 5) is 25.7. The minimum Gasteiger partial charge on any atom is -0.364 e. The zero-order chi connectivity index (χ0) is 15.7. The summed E-state index contributed by atoms with van der Waals surface area (Å²) in [7, 11) is 0. The summed E-state index contributed by atoms with van der Waals surface area (Å²) in [5.74, 6) is -0.327. The molecule has 112 valence electrons. The van der Waals surface area contributed by atoms with Crippen molar-refractivity contribution in [2.75, 3.05) is 10.2 Å². The maximum absolute atomic E-state index is 12.5. The van der Waals surface area contributed by atoms with Crippen molar-refractivity contribution in [1.29, 1.82) is 0 Å². The molecule has 2 aromatic rings. The van der Waals surface area contributed by atoms with Gasteiger partial charge < -0.3 is 5.32 Å². The summed E-state index contributed by atoms with van der Waals surface area (Å²) in [6, 6.07) is 13.7. The van der Waals surface area contributed by atoms with Crippen LogP contribution >= 0.6 is 35.0 Å². The number of halogens is 2. The van der Waals surface area contributed by atoms with Crippen molar-refractivity contribution in [1.82, 2.24) is 0 Å². The Morgan fingerprint density at radius 2 is 1.77 bits per heavy atom. The molecule has 2 amide bonds. The lowest BCUT2D eigenvalue weighted by molar-refractivity contribution is -0.116. The lowest BCUT2D eigenvalue weighted by atomic mass is 10.3. The van der Waals surface area contributed by atoms with Crippen LogP contribution in [0.15, 0.2) is 48.5 Å². The second-order valence-corrected chi connectivity index (χ2v) is 6.44. The van der Waals surface area contributed by atoms with E-state index in [-0.39, 0.29) is 11.1 Å². The Morgan fingerprint density at radius 3 is 2.45 bits per heavy atom. The molecule has 0 saturated carbocycles. The average Bonchev–Trinajstić information content (AvgIpc) is 2.77. The minimum atomic E-state index is -0.716. The highest BCUT2D eigenvalue weighted by Crippen LogP contribution is 2.34. The summed E-state index contributed by atoms with van der Waals surface area (Å²) < 4.78 is 0. The lowest BCUT2D eigenvalue weighted by Gasteiger charge is -2.15. The highest BCUT2D eigenvalue weighted by atomic mass is 35.5. The summed E-state index contributed by atoms with van der Waals surface area (Å²) in [5, 5.41) is 2.84. The number of para-hydroxylation sites is 1. The molecule has 1 aliphatic rings. The predicted molar refractivity (Wildman–Crippen MR) is 90.8 cm³/mol. The van der Waals surface area contributed by atoms with Gasteiger partial charge in [-0.3, -0.25) is 9.59 Å². The maximum atomic E-state index is 12.5. The third kappa shape index (κ3) is 2.92. The van der Waals surface area contributed by atoms with E-state index in [0.29, 0.717) is 21.4 Å². The van der Waals surface area contributed by atoms with Crippen molar-refractivity contribution in [2.24, 2.45) is 0 Å². The standard InChI is InChI=1S/C15H10Cl2N2O2S/c16-9-6-7-12(11(17)8-9)18-13-14(20)19(15(21)22-13)10-4-2-1-3-5-10/h1-8,13,18H/t13-/m0/s1. The van der Waals surface area contributed by atoms with Crippen molar-refractivity contribution in [2.45, 2.75) is 5.37 Å². The molecule has 2 aromatic carbocycles. The molecule has 1 atom stereocenters. The number of nitrogens with zero attached hydrogens (tertiary/aromatic N) is 1. The topological polar surface area (TPSA) is 49.4 Å². The van der Waals surface area contributed by atoms with Crippen molar-refractivity contribution in [3.8, 4) is 0 Å². The van der Waals surface area contributed by atoms with Crippen LogP contribution in [0, 0.1) is 0 Å². The fraction of sp³-hybridized carbons (Fsp3) is 0.0667. The molecule has 1 N–H and O–H groups in total. The van der Waals surface area contributed by atoms with Gasteiger partial charge in [0.25, 0.3) is 11.1 Å². The van der Waals surface area contributed by atoms with Gasteiger partial charge in [-0.2, -0.15) is 0 Å². The monoisotopic (exact) mass is 352 g/mol. The SMILES string of the molecule is O=C1S[C@H](Nc2ccc(Cl)cc2Cl)C(=O)N1c1ccccc1. The van der Waals surface area contributed by atoms with Gasteiger partial charge >= 0.3 is 0 Å². The van der Waals surface area contributed by atoms with Crippen molar-refractivity contribution in [3.63, 3.8) is 0 Å². The van der Waals surface area contributed by atoms with Crippen molar-refractivity contribution in [3.05, 3.63) is 58.6 Å². The van der Waals surface area contributed by atoms with E-state index in [2.05, 4.69) is 5.32 Å². The molecule has 3 rings (SSSR count). The molecule has 4 nitrogen and oxygen atoms in total. The molecule has 1 fully saturated rings. The largest absolute Gasteiger partial charge is 0.364 e. The van der Waals surface area contributed by atoms with Crippen LogP contribution in [0.2, 0.25) is 10.0 Å². The Hall–Kier alpha value is -1.69. The van der Waals surface area contributed by atoms with Crippen LogP contribution in [0.4, 0.5) is 16.2 Å². The number of imide groups is 1. The Bertz CT molecular complexity index is 740. The van der Waals surface area contributed by atoms with Crippen LogP contribution in [0.25, 0.3) is 0 Å². The molecule has 0 aromatic heterocycles. The number of anilines is 2. The fourth-order valence-electron chi connectivity index (χ4n) is 2.06. The first-order valence-electron chi connectivity index (χ1n) is 6.37. The summed E-state index contributed by atoms with van der Waals surface area (Å²) >= 11 is 12.8. The summed E-state index contributed by atoms with van der Waals surface area (Å²) in [6.45, 7) is 0. The van der Waals surface area contributed by atoms with Crippen LogP contribution in [0.1, 0.15) is 0 Å². The van der Waals surface area contributed by atoms with Gasteiger partial charge in [0.15, 0.2) is 5.37 Å². The minimum absolute atomic E-state index is 0.321. The Morgan fingerprint density at radius 1 is 1.05 bits per heavy atom. The van der Waals surface area contributed by atoms with E-state index >= 15 is 0 Å². The number of benzene rings is 2. The number of carbonyl (C=O) groups excluding carboxylic acids is 2. The molecule has 0 spiro atoms. The normalized spacial score (nSPS) is 17.9. The number of amides is 2. The average molecular weight is 353 g/mol. The smallest absolute Gasteiger partial charge is 0.295 e. The third-order valence-corrected chi connectivity index (χ3v) is 4.57. The molecule has 0 aliphatic carbocycles. The highest BCUT2D eigenvalue weighted by Gasteiger charge is 2.40. The van der Waals surface area contributed by atoms with Gasteiger partial charge in [0.05, 0.1) is 16.4 Å². The van der Waals surface area contributed by atoms with Gasteiger partial charge in [-0.15, -0.1) is 0 Å². The van der Waals surface area contributed by atoms with Crippen molar-refractivity contribution < 1.29 is 9.59 Å². The molecule has 1 saturated heterocycles. The van der Waals surface area contributed by atoms with E-state index in [1.165, 1.54) is 0 Å². The number of rotatable bonds is 3. The summed E-state index contributed by atoms with van der Waals surface area (Å²) in [5.41, 5.74) is 1.11. The van der Waals surface area contributed by atoms with Crippen LogP contribution < -0.4 is 10.2 Å². The van der Waals surface area contributed by atoms with E-state index in [9.17, 15) is 9.59 Å². The predicted octanol–water partition coefficient (Wildman–Crippen LogP) is 4.63. The van der Waals surface area contributed by atoms with Gasteiger partial charge in [-0.05, 0) is 42.1 Å². The molecule has 1 heterocycles. The van der Waals surface area contributed by atoms with E-state index in [4.69, 9.17) is 23.2 Å². The second kappa shape index (κ2) is 6.20.